The van der Waals surface area contributed by atoms with Crippen LogP contribution in [0.15, 0.2) is 58.0 Å². The maximum Gasteiger partial charge on any atom is 0.0992 e. The van der Waals surface area contributed by atoms with E-state index in [9.17, 15) is 0 Å². The van der Waals surface area contributed by atoms with Gasteiger partial charge in [-0.2, -0.15) is 5.26 Å². The summed E-state index contributed by atoms with van der Waals surface area (Å²) in [4.78, 5) is 5.79. The molecule has 0 radical (unpaired) electrons. The fraction of sp³-hybridized carbons (Fsp3) is 0.0769. The number of hydrogen-bond acceptors (Lipinski definition) is 3. The van der Waals surface area contributed by atoms with Crippen LogP contribution >= 0.6 is 11.8 Å². The lowest BCUT2D eigenvalue weighted by Crippen LogP contribution is -2.18. The van der Waals surface area contributed by atoms with E-state index in [-0.39, 0.29) is 5.25 Å². The topological polar surface area (TPSA) is 36.1 Å². The lowest BCUT2D eigenvalue weighted by molar-refractivity contribution is 1.29. The molecule has 2 nitrogen and oxygen atoms in total. The van der Waals surface area contributed by atoms with Gasteiger partial charge in [-0.3, -0.25) is 4.99 Å². The molecule has 3 heteroatoms. The van der Waals surface area contributed by atoms with Crippen LogP contribution in [0.25, 0.3) is 0 Å². The van der Waals surface area contributed by atoms with Crippen molar-refractivity contribution in [3.8, 4) is 6.07 Å². The van der Waals surface area contributed by atoms with Crippen LogP contribution < -0.4 is 0 Å². The van der Waals surface area contributed by atoms with Gasteiger partial charge in [-0.1, -0.05) is 18.2 Å². The number of rotatable bonds is 0. The maximum absolute atomic E-state index is 8.85. The molecule has 0 spiro atoms. The highest BCUT2D eigenvalue weighted by Gasteiger charge is 2.22. The summed E-state index contributed by atoms with van der Waals surface area (Å²) in [6.45, 7) is 0. The standard InChI is InChI=1S/C13H8N2S/c14-8-9-5-6-13-11(7-9)15-10-3-1-2-4-12(10)16-13/h1-7,13H. The normalized spacial score (nSPS) is 21.3. The zero-order valence-electron chi connectivity index (χ0n) is 8.42. The predicted octanol–water partition coefficient (Wildman–Crippen LogP) is 3.25. The smallest absolute Gasteiger partial charge is 0.0992 e. The Bertz CT molecular complexity index is 576. The fourth-order valence-corrected chi connectivity index (χ4v) is 2.83. The molecule has 0 amide bonds. The van der Waals surface area contributed by atoms with Gasteiger partial charge in [0.2, 0.25) is 0 Å². The number of thioether (sulfide) groups is 1. The Labute approximate surface area is 98.0 Å². The average Bonchev–Trinajstić information content (AvgIpc) is 2.35. The first-order chi connectivity index (χ1) is 7.86. The largest absolute Gasteiger partial charge is 0.251 e. The van der Waals surface area contributed by atoms with E-state index < -0.39 is 0 Å². The number of nitriles is 1. The van der Waals surface area contributed by atoms with Crippen molar-refractivity contribution < 1.29 is 0 Å². The summed E-state index contributed by atoms with van der Waals surface area (Å²) in [6.07, 6.45) is 5.77. The monoisotopic (exact) mass is 224 g/mol. The molecule has 1 atom stereocenters. The third-order valence-corrected chi connectivity index (χ3v) is 3.80. The Morgan fingerprint density at radius 3 is 3.06 bits per heavy atom. The molecule has 1 aromatic rings. The van der Waals surface area contributed by atoms with Gasteiger partial charge in [0.1, 0.15) is 0 Å². The number of hydrogen-bond donors (Lipinski definition) is 0. The van der Waals surface area contributed by atoms with Crippen LogP contribution in [-0.2, 0) is 0 Å². The molecule has 0 saturated carbocycles. The van der Waals surface area contributed by atoms with Crippen molar-refractivity contribution in [1.82, 2.24) is 0 Å². The first kappa shape index (κ1) is 9.44. The molecule has 0 saturated heterocycles. The van der Waals surface area contributed by atoms with E-state index in [0.29, 0.717) is 5.57 Å². The molecule has 0 fully saturated rings. The molecule has 1 aliphatic carbocycles. The molecule has 3 rings (SSSR count). The summed E-state index contributed by atoms with van der Waals surface area (Å²) < 4.78 is 0. The van der Waals surface area contributed by atoms with Gasteiger partial charge in [0.15, 0.2) is 0 Å². The maximum atomic E-state index is 8.85. The van der Waals surface area contributed by atoms with Crippen molar-refractivity contribution >= 4 is 23.2 Å². The minimum Gasteiger partial charge on any atom is -0.251 e. The van der Waals surface area contributed by atoms with E-state index in [2.05, 4.69) is 17.1 Å². The van der Waals surface area contributed by atoms with Gasteiger partial charge in [-0.15, -0.1) is 11.8 Å². The highest BCUT2D eigenvalue weighted by atomic mass is 32.2. The van der Waals surface area contributed by atoms with E-state index in [1.54, 1.807) is 11.8 Å². The molecule has 1 unspecified atom stereocenters. The van der Waals surface area contributed by atoms with Crippen molar-refractivity contribution in [3.63, 3.8) is 0 Å². The van der Waals surface area contributed by atoms with Crippen molar-refractivity contribution in [2.24, 2.45) is 4.99 Å². The lowest BCUT2D eigenvalue weighted by atomic mass is 10.1. The first-order valence-electron chi connectivity index (χ1n) is 5.01. The SMILES string of the molecule is N#CC1=CC2=Nc3ccccc3SC2C=C1. The molecular formula is C13H8N2S. The van der Waals surface area contributed by atoms with Crippen LogP contribution in [0.2, 0.25) is 0 Å². The zero-order valence-corrected chi connectivity index (χ0v) is 9.24. The molecule has 1 aliphatic heterocycles. The second-order valence-electron chi connectivity index (χ2n) is 3.61. The predicted molar refractivity (Wildman–Crippen MR) is 66.0 cm³/mol. The molecule has 0 N–H and O–H groups in total. The van der Waals surface area contributed by atoms with E-state index in [1.807, 2.05) is 36.4 Å². The number of nitrogens with zero attached hydrogens (tertiary/aromatic N) is 2. The number of para-hydroxylation sites is 1. The van der Waals surface area contributed by atoms with Crippen LogP contribution in [0.1, 0.15) is 0 Å². The van der Waals surface area contributed by atoms with Gasteiger partial charge in [0, 0.05) is 4.90 Å². The van der Waals surface area contributed by atoms with Gasteiger partial charge in [-0.25, -0.2) is 0 Å². The van der Waals surface area contributed by atoms with E-state index >= 15 is 0 Å². The minimum absolute atomic E-state index is 0.256. The molecular weight excluding hydrogens is 216 g/mol. The van der Waals surface area contributed by atoms with E-state index in [0.717, 1.165) is 11.4 Å². The second kappa shape index (κ2) is 3.66. The zero-order chi connectivity index (χ0) is 11.0. The third kappa shape index (κ3) is 1.48. The Morgan fingerprint density at radius 2 is 2.19 bits per heavy atom. The van der Waals surface area contributed by atoms with E-state index in [1.165, 1.54) is 4.90 Å². The first-order valence-corrected chi connectivity index (χ1v) is 5.89. The number of benzene rings is 1. The van der Waals surface area contributed by atoms with Gasteiger partial charge >= 0.3 is 0 Å². The van der Waals surface area contributed by atoms with Crippen LogP contribution in [0.4, 0.5) is 5.69 Å². The Balaban J connectivity index is 2.10. The van der Waals surface area contributed by atoms with E-state index in [4.69, 9.17) is 5.26 Å². The molecule has 0 bridgehead atoms. The third-order valence-electron chi connectivity index (χ3n) is 2.54. The highest BCUT2D eigenvalue weighted by Crippen LogP contribution is 2.39. The average molecular weight is 224 g/mol. The molecule has 2 aliphatic rings. The van der Waals surface area contributed by atoms with Crippen molar-refractivity contribution in [3.05, 3.63) is 48.1 Å². The summed E-state index contributed by atoms with van der Waals surface area (Å²) >= 11 is 1.78. The summed E-state index contributed by atoms with van der Waals surface area (Å²) in [5, 5.41) is 9.10. The van der Waals surface area contributed by atoms with Gasteiger partial charge < -0.3 is 0 Å². The number of allylic oxidation sites excluding steroid dienone is 3. The molecule has 0 aromatic heterocycles. The summed E-state index contributed by atoms with van der Waals surface area (Å²) in [5.74, 6) is 0. The van der Waals surface area contributed by atoms with Crippen LogP contribution in [0.3, 0.4) is 0 Å². The van der Waals surface area contributed by atoms with Crippen LogP contribution in [0.5, 0.6) is 0 Å². The fourth-order valence-electron chi connectivity index (χ4n) is 1.77. The van der Waals surface area contributed by atoms with Crippen molar-refractivity contribution in [2.75, 3.05) is 0 Å². The van der Waals surface area contributed by atoms with Crippen LogP contribution in [0, 0.1) is 11.3 Å². The Kier molecular flexibility index (Phi) is 2.16. The van der Waals surface area contributed by atoms with Crippen molar-refractivity contribution in [1.29, 1.82) is 5.26 Å². The highest BCUT2D eigenvalue weighted by molar-refractivity contribution is 8.01. The summed E-state index contributed by atoms with van der Waals surface area (Å²) in [5.41, 5.74) is 2.65. The quantitative estimate of drug-likeness (QED) is 0.678. The Hall–Kier alpha value is -1.79. The summed E-state index contributed by atoms with van der Waals surface area (Å²) in [6, 6.07) is 10.2. The van der Waals surface area contributed by atoms with Crippen molar-refractivity contribution in [2.45, 2.75) is 10.1 Å². The molecule has 76 valence electrons. The van der Waals surface area contributed by atoms with Crippen LogP contribution in [-0.4, -0.2) is 11.0 Å². The minimum atomic E-state index is 0.256. The number of fused-ring (bicyclic) bond motifs is 2. The molecule has 1 heterocycles. The summed E-state index contributed by atoms with van der Waals surface area (Å²) in [7, 11) is 0. The molecule has 1 aromatic carbocycles. The second-order valence-corrected chi connectivity index (χ2v) is 4.80. The lowest BCUT2D eigenvalue weighted by Gasteiger charge is -2.22. The molecule has 16 heavy (non-hydrogen) atoms. The van der Waals surface area contributed by atoms with Gasteiger partial charge in [-0.05, 0) is 24.3 Å². The number of aliphatic imine (C=N–C) groups is 1. The van der Waals surface area contributed by atoms with Gasteiger partial charge in [0.25, 0.3) is 0 Å². The Morgan fingerprint density at radius 1 is 1.31 bits per heavy atom. The van der Waals surface area contributed by atoms with Gasteiger partial charge in [0.05, 0.1) is 28.3 Å².